The molecule has 0 amide bonds. The first kappa shape index (κ1) is 18.5. The number of aryl methyl sites for hydroxylation is 1. The Hall–Kier alpha value is -1.87. The van der Waals surface area contributed by atoms with Crippen molar-refractivity contribution in [2.45, 2.75) is 32.1 Å². The number of aromatic nitrogens is 1. The van der Waals surface area contributed by atoms with Gasteiger partial charge in [-0.05, 0) is 78.6 Å². The van der Waals surface area contributed by atoms with Crippen molar-refractivity contribution in [2.24, 2.45) is 0 Å². The number of fused-ring (bicyclic) bond motifs is 1. The molecule has 0 bridgehead atoms. The molecule has 0 unspecified atom stereocenters. The molecule has 3 aromatic rings. The van der Waals surface area contributed by atoms with Gasteiger partial charge in [0, 0.05) is 27.9 Å². The zero-order chi connectivity index (χ0) is 18.8. The van der Waals surface area contributed by atoms with Gasteiger partial charge in [-0.15, -0.1) is 0 Å². The van der Waals surface area contributed by atoms with Crippen molar-refractivity contribution in [1.29, 1.82) is 0 Å². The quantitative estimate of drug-likeness (QED) is 0.601. The molecule has 0 saturated heterocycles. The fraction of sp³-hybridized carbons (Fsp3) is 0.261. The van der Waals surface area contributed by atoms with E-state index >= 15 is 0 Å². The summed E-state index contributed by atoms with van der Waals surface area (Å²) in [4.78, 5) is 4.90. The summed E-state index contributed by atoms with van der Waals surface area (Å²) in [6.45, 7) is 0.183. The molecule has 0 radical (unpaired) electrons. The Labute approximate surface area is 169 Å². The molecule has 0 atom stereocenters. The number of hydrogen-bond donors (Lipinski definition) is 1. The highest BCUT2D eigenvalue weighted by Gasteiger charge is 2.19. The standard InChI is InChI=1S/C23H21Cl2NO/c24-19-11-18(12-20(25)14-19)23-13-17(21-2-1-3-22(21)26-23)10-16-6-4-15(5-7-16)8-9-27/h4-7,11-14,27H,1-3,8-10H2. The van der Waals surface area contributed by atoms with Gasteiger partial charge in [-0.2, -0.15) is 0 Å². The van der Waals surface area contributed by atoms with E-state index in [2.05, 4.69) is 30.3 Å². The summed E-state index contributed by atoms with van der Waals surface area (Å²) < 4.78 is 0. The average Bonchev–Trinajstić information content (AvgIpc) is 3.12. The Kier molecular flexibility index (Phi) is 5.49. The van der Waals surface area contributed by atoms with Gasteiger partial charge in [0.15, 0.2) is 0 Å². The average molecular weight is 398 g/mol. The molecule has 4 heteroatoms. The lowest BCUT2D eigenvalue weighted by atomic mass is 9.96. The van der Waals surface area contributed by atoms with Gasteiger partial charge < -0.3 is 5.11 Å². The van der Waals surface area contributed by atoms with Crippen molar-refractivity contribution in [3.63, 3.8) is 0 Å². The summed E-state index contributed by atoms with van der Waals surface area (Å²) >= 11 is 12.4. The molecule has 4 rings (SSSR count). The van der Waals surface area contributed by atoms with E-state index in [0.717, 1.165) is 42.5 Å². The Morgan fingerprint density at radius 2 is 1.59 bits per heavy atom. The van der Waals surface area contributed by atoms with Crippen LogP contribution in [0.2, 0.25) is 10.0 Å². The molecule has 1 aromatic heterocycles. The lowest BCUT2D eigenvalue weighted by Gasteiger charge is -2.13. The lowest BCUT2D eigenvalue weighted by Crippen LogP contribution is -2.00. The number of rotatable bonds is 5. The second-order valence-electron chi connectivity index (χ2n) is 7.07. The topological polar surface area (TPSA) is 33.1 Å². The van der Waals surface area contributed by atoms with Gasteiger partial charge in [-0.25, -0.2) is 0 Å². The van der Waals surface area contributed by atoms with Crippen molar-refractivity contribution in [3.8, 4) is 11.3 Å². The highest BCUT2D eigenvalue weighted by atomic mass is 35.5. The summed E-state index contributed by atoms with van der Waals surface area (Å²) in [6, 6.07) is 16.3. The van der Waals surface area contributed by atoms with Gasteiger partial charge in [0.2, 0.25) is 0 Å². The van der Waals surface area contributed by atoms with Gasteiger partial charge in [0.1, 0.15) is 0 Å². The Morgan fingerprint density at radius 1 is 0.889 bits per heavy atom. The molecule has 1 N–H and O–H groups in total. The smallest absolute Gasteiger partial charge is 0.0709 e. The van der Waals surface area contributed by atoms with Crippen LogP contribution >= 0.6 is 23.2 Å². The summed E-state index contributed by atoms with van der Waals surface area (Å²) in [6.07, 6.45) is 4.86. The fourth-order valence-electron chi connectivity index (χ4n) is 3.81. The molecule has 0 aliphatic heterocycles. The van der Waals surface area contributed by atoms with Crippen LogP contribution in [-0.2, 0) is 25.7 Å². The second-order valence-corrected chi connectivity index (χ2v) is 7.94. The third-order valence-corrected chi connectivity index (χ3v) is 5.56. The van der Waals surface area contributed by atoms with Crippen molar-refractivity contribution in [2.75, 3.05) is 6.61 Å². The lowest BCUT2D eigenvalue weighted by molar-refractivity contribution is 0.299. The van der Waals surface area contributed by atoms with Crippen LogP contribution < -0.4 is 0 Å². The fourth-order valence-corrected chi connectivity index (χ4v) is 4.33. The molecule has 0 fully saturated rings. The Bertz CT molecular complexity index is 947. The van der Waals surface area contributed by atoms with Gasteiger partial charge in [-0.3, -0.25) is 4.98 Å². The second kappa shape index (κ2) is 8.02. The van der Waals surface area contributed by atoms with E-state index in [1.807, 2.05) is 12.1 Å². The van der Waals surface area contributed by atoms with E-state index < -0.39 is 0 Å². The van der Waals surface area contributed by atoms with Crippen LogP contribution in [0.25, 0.3) is 11.3 Å². The van der Waals surface area contributed by atoms with Crippen LogP contribution in [-0.4, -0.2) is 16.7 Å². The summed E-state index contributed by atoms with van der Waals surface area (Å²) in [5, 5.41) is 10.3. The molecular formula is C23H21Cl2NO. The molecular weight excluding hydrogens is 377 g/mol. The van der Waals surface area contributed by atoms with Gasteiger partial charge in [-0.1, -0.05) is 47.5 Å². The first-order valence-corrected chi connectivity index (χ1v) is 10.0. The minimum Gasteiger partial charge on any atom is -0.396 e. The highest BCUT2D eigenvalue weighted by molar-refractivity contribution is 6.35. The minimum atomic E-state index is 0.183. The number of aliphatic hydroxyl groups is 1. The van der Waals surface area contributed by atoms with Crippen LogP contribution in [0.15, 0.2) is 48.5 Å². The first-order chi connectivity index (χ1) is 13.1. The molecule has 138 valence electrons. The van der Waals surface area contributed by atoms with Crippen LogP contribution in [0, 0.1) is 0 Å². The SMILES string of the molecule is OCCc1ccc(Cc2cc(-c3cc(Cl)cc(Cl)c3)nc3c2CCC3)cc1. The minimum absolute atomic E-state index is 0.183. The molecule has 1 aliphatic carbocycles. The van der Waals surface area contributed by atoms with E-state index in [1.54, 1.807) is 6.07 Å². The van der Waals surface area contributed by atoms with Crippen molar-refractivity contribution < 1.29 is 5.11 Å². The largest absolute Gasteiger partial charge is 0.396 e. The summed E-state index contributed by atoms with van der Waals surface area (Å²) in [5.74, 6) is 0. The van der Waals surface area contributed by atoms with Gasteiger partial charge >= 0.3 is 0 Å². The molecule has 1 aliphatic rings. The number of hydrogen-bond acceptors (Lipinski definition) is 2. The Balaban J connectivity index is 1.70. The van der Waals surface area contributed by atoms with Crippen molar-refractivity contribution >= 4 is 23.2 Å². The van der Waals surface area contributed by atoms with Crippen LogP contribution in [0.1, 0.15) is 34.4 Å². The number of aliphatic hydroxyl groups excluding tert-OH is 1. The van der Waals surface area contributed by atoms with Crippen molar-refractivity contribution in [3.05, 3.63) is 86.5 Å². The van der Waals surface area contributed by atoms with Gasteiger partial charge in [0.25, 0.3) is 0 Å². The van der Waals surface area contributed by atoms with Crippen LogP contribution in [0.3, 0.4) is 0 Å². The third-order valence-electron chi connectivity index (χ3n) is 5.12. The number of benzene rings is 2. The maximum Gasteiger partial charge on any atom is 0.0709 e. The molecule has 2 nitrogen and oxygen atoms in total. The van der Waals surface area contributed by atoms with Gasteiger partial charge in [0.05, 0.1) is 5.69 Å². The van der Waals surface area contributed by atoms with Crippen molar-refractivity contribution in [1.82, 2.24) is 4.98 Å². The molecule has 27 heavy (non-hydrogen) atoms. The zero-order valence-corrected chi connectivity index (χ0v) is 16.5. The summed E-state index contributed by atoms with van der Waals surface area (Å²) in [5.41, 5.74) is 8.26. The van der Waals surface area contributed by atoms with E-state index in [-0.39, 0.29) is 6.61 Å². The highest BCUT2D eigenvalue weighted by Crippen LogP contribution is 2.32. The van der Waals surface area contributed by atoms with E-state index in [0.29, 0.717) is 16.5 Å². The maximum atomic E-state index is 9.08. The normalized spacial score (nSPS) is 13.0. The molecule has 2 aromatic carbocycles. The third kappa shape index (κ3) is 4.19. The maximum absolute atomic E-state index is 9.08. The van der Waals surface area contributed by atoms with Crippen LogP contribution in [0.4, 0.5) is 0 Å². The van der Waals surface area contributed by atoms with E-state index in [4.69, 9.17) is 33.3 Å². The molecule has 0 saturated carbocycles. The zero-order valence-electron chi connectivity index (χ0n) is 15.0. The first-order valence-electron chi connectivity index (χ1n) is 9.29. The monoisotopic (exact) mass is 397 g/mol. The summed E-state index contributed by atoms with van der Waals surface area (Å²) in [7, 11) is 0. The van der Waals surface area contributed by atoms with E-state index in [1.165, 1.54) is 22.4 Å². The molecule has 0 spiro atoms. The Morgan fingerprint density at radius 3 is 2.30 bits per heavy atom. The predicted molar refractivity (Wildman–Crippen MR) is 112 cm³/mol. The predicted octanol–water partition coefficient (Wildman–Crippen LogP) is 5.67. The number of pyridine rings is 1. The van der Waals surface area contributed by atoms with E-state index in [9.17, 15) is 0 Å². The van der Waals surface area contributed by atoms with Crippen LogP contribution in [0.5, 0.6) is 0 Å². The molecule has 1 heterocycles. The number of nitrogens with zero attached hydrogens (tertiary/aromatic N) is 1. The number of halogens is 2.